The average Bonchev–Trinajstić information content (AvgIpc) is 2.35. The van der Waals surface area contributed by atoms with E-state index in [0.717, 1.165) is 0 Å². The number of rotatable bonds is 6. The molecule has 0 bridgehead atoms. The second kappa shape index (κ2) is 5.90. The molecule has 0 heterocycles. The van der Waals surface area contributed by atoms with Crippen LogP contribution in [-0.4, -0.2) is 33.0 Å². The van der Waals surface area contributed by atoms with E-state index in [9.17, 15) is 9.59 Å². The molecule has 0 aliphatic rings. The predicted octanol–water partition coefficient (Wildman–Crippen LogP) is 0.771. The molecule has 1 aromatic rings. The zero-order valence-corrected chi connectivity index (χ0v) is 10.5. The Labute approximate surface area is 105 Å². The lowest BCUT2D eigenvalue weighted by Crippen LogP contribution is -2.16. The van der Waals surface area contributed by atoms with E-state index >= 15 is 0 Å². The van der Waals surface area contributed by atoms with E-state index in [2.05, 4.69) is 0 Å². The van der Waals surface area contributed by atoms with Crippen LogP contribution in [0.15, 0.2) is 12.1 Å². The van der Waals surface area contributed by atoms with Crippen LogP contribution in [0, 0.1) is 0 Å². The van der Waals surface area contributed by atoms with Gasteiger partial charge in [-0.2, -0.15) is 0 Å². The highest BCUT2D eigenvalue weighted by Crippen LogP contribution is 2.38. The summed E-state index contributed by atoms with van der Waals surface area (Å²) in [6.07, 6.45) is -0.362. The van der Waals surface area contributed by atoms with Crippen LogP contribution >= 0.6 is 0 Å². The summed E-state index contributed by atoms with van der Waals surface area (Å²) >= 11 is 0. The van der Waals surface area contributed by atoms with Crippen molar-refractivity contribution in [2.45, 2.75) is 6.42 Å². The highest BCUT2D eigenvalue weighted by Gasteiger charge is 2.17. The quantitative estimate of drug-likeness (QED) is 0.597. The smallest absolute Gasteiger partial charge is 0.225 e. The SMILES string of the molecule is COc1cc(C(=O)CC(N)=O)cc(OC)c1OC. The first-order chi connectivity index (χ1) is 8.53. The Bertz CT molecular complexity index is 445. The maximum Gasteiger partial charge on any atom is 0.225 e. The van der Waals surface area contributed by atoms with Gasteiger partial charge in [0.25, 0.3) is 0 Å². The number of primary amides is 1. The molecule has 0 saturated heterocycles. The molecular weight excluding hydrogens is 238 g/mol. The first-order valence-electron chi connectivity index (χ1n) is 5.15. The molecule has 0 spiro atoms. The van der Waals surface area contributed by atoms with E-state index in [0.29, 0.717) is 17.2 Å². The Balaban J connectivity index is 3.22. The van der Waals surface area contributed by atoms with Gasteiger partial charge in [0.2, 0.25) is 11.7 Å². The molecule has 0 aliphatic heterocycles. The Morgan fingerprint density at radius 3 is 1.89 bits per heavy atom. The number of hydrogen-bond acceptors (Lipinski definition) is 5. The van der Waals surface area contributed by atoms with Crippen molar-refractivity contribution in [3.05, 3.63) is 17.7 Å². The van der Waals surface area contributed by atoms with Gasteiger partial charge in [-0.25, -0.2) is 0 Å². The summed E-state index contributed by atoms with van der Waals surface area (Å²) in [5.74, 6) is 0.000436. The zero-order chi connectivity index (χ0) is 13.7. The molecule has 0 radical (unpaired) electrons. The monoisotopic (exact) mass is 253 g/mol. The first kappa shape index (κ1) is 13.8. The predicted molar refractivity (Wildman–Crippen MR) is 64.2 cm³/mol. The number of hydrogen-bond donors (Lipinski definition) is 1. The third kappa shape index (κ3) is 2.91. The second-order valence-electron chi connectivity index (χ2n) is 3.48. The third-order valence-electron chi connectivity index (χ3n) is 2.32. The summed E-state index contributed by atoms with van der Waals surface area (Å²) in [7, 11) is 4.35. The van der Waals surface area contributed by atoms with Crippen molar-refractivity contribution in [2.24, 2.45) is 5.73 Å². The van der Waals surface area contributed by atoms with E-state index in [1.807, 2.05) is 0 Å². The molecule has 0 unspecified atom stereocenters. The number of carbonyl (C=O) groups is 2. The third-order valence-corrected chi connectivity index (χ3v) is 2.32. The van der Waals surface area contributed by atoms with E-state index in [4.69, 9.17) is 19.9 Å². The molecule has 0 saturated carbocycles. The van der Waals surface area contributed by atoms with Crippen LogP contribution in [0.2, 0.25) is 0 Å². The van der Waals surface area contributed by atoms with Gasteiger partial charge in [-0.3, -0.25) is 9.59 Å². The van der Waals surface area contributed by atoms with Crippen molar-refractivity contribution in [1.29, 1.82) is 0 Å². The molecule has 0 aliphatic carbocycles. The lowest BCUT2D eigenvalue weighted by atomic mass is 10.1. The minimum absolute atomic E-state index is 0.281. The molecule has 1 amide bonds. The summed E-state index contributed by atoms with van der Waals surface area (Å²) in [5.41, 5.74) is 5.26. The van der Waals surface area contributed by atoms with Gasteiger partial charge in [0.15, 0.2) is 17.3 Å². The number of methoxy groups -OCH3 is 3. The summed E-state index contributed by atoms with van der Waals surface area (Å²) in [5, 5.41) is 0. The standard InChI is InChI=1S/C12H15NO5/c1-16-9-4-7(8(14)6-11(13)15)5-10(17-2)12(9)18-3/h4-5H,6H2,1-3H3,(H2,13,15). The van der Waals surface area contributed by atoms with Crippen LogP contribution in [0.1, 0.15) is 16.8 Å². The van der Waals surface area contributed by atoms with Crippen molar-refractivity contribution in [3.8, 4) is 17.2 Å². The number of benzene rings is 1. The van der Waals surface area contributed by atoms with Gasteiger partial charge < -0.3 is 19.9 Å². The summed E-state index contributed by atoms with van der Waals surface area (Å²) in [4.78, 5) is 22.5. The average molecular weight is 253 g/mol. The van der Waals surface area contributed by atoms with Crippen LogP contribution in [0.25, 0.3) is 0 Å². The molecule has 1 rings (SSSR count). The molecule has 0 fully saturated rings. The van der Waals surface area contributed by atoms with Crippen molar-refractivity contribution in [1.82, 2.24) is 0 Å². The van der Waals surface area contributed by atoms with Crippen molar-refractivity contribution < 1.29 is 23.8 Å². The van der Waals surface area contributed by atoms with Gasteiger partial charge in [-0.1, -0.05) is 0 Å². The Morgan fingerprint density at radius 1 is 1.06 bits per heavy atom. The molecule has 6 nitrogen and oxygen atoms in total. The fourth-order valence-electron chi connectivity index (χ4n) is 1.50. The van der Waals surface area contributed by atoms with Crippen molar-refractivity contribution in [2.75, 3.05) is 21.3 Å². The van der Waals surface area contributed by atoms with Gasteiger partial charge >= 0.3 is 0 Å². The van der Waals surface area contributed by atoms with E-state index in [1.54, 1.807) is 0 Å². The Kier molecular flexibility index (Phi) is 4.53. The van der Waals surface area contributed by atoms with Crippen LogP contribution in [0.5, 0.6) is 17.2 Å². The van der Waals surface area contributed by atoms with E-state index < -0.39 is 11.7 Å². The Morgan fingerprint density at radius 2 is 1.56 bits per heavy atom. The van der Waals surface area contributed by atoms with Crippen LogP contribution < -0.4 is 19.9 Å². The van der Waals surface area contributed by atoms with Gasteiger partial charge in [0.05, 0.1) is 27.8 Å². The van der Waals surface area contributed by atoms with Crippen LogP contribution in [-0.2, 0) is 4.79 Å². The number of Topliss-reactive ketones (excluding diaryl/α,β-unsaturated/α-hetero) is 1. The fourth-order valence-corrected chi connectivity index (χ4v) is 1.50. The van der Waals surface area contributed by atoms with Crippen LogP contribution in [0.4, 0.5) is 0 Å². The van der Waals surface area contributed by atoms with Gasteiger partial charge in [-0.05, 0) is 12.1 Å². The molecule has 0 atom stereocenters. The second-order valence-corrected chi connectivity index (χ2v) is 3.48. The fraction of sp³-hybridized carbons (Fsp3) is 0.333. The summed E-state index contributed by atoms with van der Waals surface area (Å²) < 4.78 is 15.3. The maximum absolute atomic E-state index is 11.7. The molecule has 6 heteroatoms. The zero-order valence-electron chi connectivity index (χ0n) is 10.5. The van der Waals surface area contributed by atoms with Crippen molar-refractivity contribution in [3.63, 3.8) is 0 Å². The van der Waals surface area contributed by atoms with E-state index in [1.165, 1.54) is 33.5 Å². The first-order valence-corrected chi connectivity index (χ1v) is 5.15. The lowest BCUT2D eigenvalue weighted by Gasteiger charge is -2.13. The number of amides is 1. The molecule has 98 valence electrons. The topological polar surface area (TPSA) is 87.9 Å². The van der Waals surface area contributed by atoms with Gasteiger partial charge in [0.1, 0.15) is 0 Å². The minimum atomic E-state index is -0.686. The molecular formula is C12H15NO5. The Hall–Kier alpha value is -2.24. The maximum atomic E-state index is 11.7. The molecule has 18 heavy (non-hydrogen) atoms. The number of ketones is 1. The largest absolute Gasteiger partial charge is 0.493 e. The lowest BCUT2D eigenvalue weighted by molar-refractivity contribution is -0.117. The summed E-state index contributed by atoms with van der Waals surface area (Å²) in [6, 6.07) is 2.96. The highest BCUT2D eigenvalue weighted by atomic mass is 16.5. The number of nitrogens with two attached hydrogens (primary N) is 1. The normalized spacial score (nSPS) is 9.72. The molecule has 0 aromatic heterocycles. The summed E-state index contributed by atoms with van der Waals surface area (Å²) in [6.45, 7) is 0. The van der Waals surface area contributed by atoms with Gasteiger partial charge in [-0.15, -0.1) is 0 Å². The molecule has 2 N–H and O–H groups in total. The highest BCUT2D eigenvalue weighted by molar-refractivity contribution is 6.07. The number of ether oxygens (including phenoxy) is 3. The minimum Gasteiger partial charge on any atom is -0.493 e. The molecule has 1 aromatic carbocycles. The van der Waals surface area contributed by atoms with E-state index in [-0.39, 0.29) is 12.0 Å². The van der Waals surface area contributed by atoms with Crippen LogP contribution in [0.3, 0.4) is 0 Å². The van der Waals surface area contributed by atoms with Gasteiger partial charge in [0, 0.05) is 5.56 Å². The van der Waals surface area contributed by atoms with Crippen molar-refractivity contribution >= 4 is 11.7 Å². The number of carbonyl (C=O) groups excluding carboxylic acids is 2.